The van der Waals surface area contributed by atoms with E-state index in [1.165, 1.54) is 5.56 Å². The lowest BCUT2D eigenvalue weighted by molar-refractivity contribution is 0.142. The molecule has 0 saturated heterocycles. The number of benzene rings is 3. The lowest BCUT2D eigenvalue weighted by Gasteiger charge is -2.12. The molecule has 1 aromatic heterocycles. The number of rotatable bonds is 8. The molecular weight excluding hydrogens is 378 g/mol. The zero-order valence-electron chi connectivity index (χ0n) is 16.5. The van der Waals surface area contributed by atoms with Gasteiger partial charge in [-0.2, -0.15) is 0 Å². The summed E-state index contributed by atoms with van der Waals surface area (Å²) in [5.41, 5.74) is 4.10. The van der Waals surface area contributed by atoms with Gasteiger partial charge in [-0.3, -0.25) is 0 Å². The minimum absolute atomic E-state index is 0.285. The first-order valence-electron chi connectivity index (χ1n) is 9.95. The van der Waals surface area contributed by atoms with Crippen LogP contribution in [-0.4, -0.2) is 22.9 Å². The molecule has 0 fully saturated rings. The lowest BCUT2D eigenvalue weighted by atomic mass is 10.0. The van der Waals surface area contributed by atoms with Gasteiger partial charge in [0, 0.05) is 22.9 Å². The van der Waals surface area contributed by atoms with E-state index in [0.717, 1.165) is 40.6 Å². The molecule has 0 aliphatic rings. The minimum Gasteiger partial charge on any atom is -0.493 e. The number of hydrogen-bond donors (Lipinski definition) is 2. The Morgan fingerprint density at radius 1 is 0.900 bits per heavy atom. The smallest absolute Gasteiger partial charge is 0.493 e. The topological polar surface area (TPSA) is 71.5 Å². The molecule has 0 unspecified atom stereocenters. The Bertz CT molecular complexity index is 1130. The Labute approximate surface area is 174 Å². The van der Waals surface area contributed by atoms with E-state index < -0.39 is 6.16 Å². The molecule has 0 aliphatic carbocycles. The van der Waals surface area contributed by atoms with Crippen molar-refractivity contribution in [1.29, 1.82) is 0 Å². The van der Waals surface area contributed by atoms with Crippen LogP contribution in [0.3, 0.4) is 0 Å². The van der Waals surface area contributed by atoms with Crippen molar-refractivity contribution in [2.75, 3.05) is 6.61 Å². The van der Waals surface area contributed by atoms with Crippen LogP contribution in [0, 0.1) is 0 Å². The van der Waals surface area contributed by atoms with Crippen LogP contribution in [0.4, 0.5) is 4.79 Å². The first kappa shape index (κ1) is 19.6. The summed E-state index contributed by atoms with van der Waals surface area (Å²) in [6, 6.07) is 26.1. The molecule has 0 bridgehead atoms. The first-order chi connectivity index (χ1) is 14.7. The van der Waals surface area contributed by atoms with Gasteiger partial charge < -0.3 is 19.6 Å². The maximum absolute atomic E-state index is 11.0. The number of hydrogen-bond acceptors (Lipinski definition) is 3. The van der Waals surface area contributed by atoms with Crippen molar-refractivity contribution in [3.8, 4) is 11.6 Å². The number of aromatic amines is 1. The molecule has 5 heteroatoms. The maximum atomic E-state index is 11.0. The van der Waals surface area contributed by atoms with Gasteiger partial charge in [-0.25, -0.2) is 4.79 Å². The Morgan fingerprint density at radius 3 is 2.47 bits per heavy atom. The lowest BCUT2D eigenvalue weighted by Crippen LogP contribution is -2.06. The number of para-hydroxylation sites is 2. The normalized spacial score (nSPS) is 10.8. The summed E-state index contributed by atoms with van der Waals surface area (Å²) in [5, 5.41) is 9.99. The number of nitrogens with one attached hydrogen (secondary N) is 1. The number of fused-ring (bicyclic) bond motifs is 1. The molecular formula is C25H23NO4. The van der Waals surface area contributed by atoms with Crippen molar-refractivity contribution >= 4 is 17.1 Å². The quantitative estimate of drug-likeness (QED) is 0.288. The fraction of sp³-hybridized carbons (Fsp3) is 0.160. The number of ether oxygens (including phenoxy) is 2. The molecule has 152 valence electrons. The predicted molar refractivity (Wildman–Crippen MR) is 116 cm³/mol. The third-order valence-corrected chi connectivity index (χ3v) is 5.00. The van der Waals surface area contributed by atoms with E-state index in [9.17, 15) is 4.79 Å². The average Bonchev–Trinajstić information content (AvgIpc) is 3.09. The van der Waals surface area contributed by atoms with Gasteiger partial charge in [0.25, 0.3) is 0 Å². The highest BCUT2D eigenvalue weighted by Crippen LogP contribution is 2.29. The molecule has 0 atom stereocenters. The third-order valence-electron chi connectivity index (χ3n) is 5.00. The molecule has 0 aliphatic heterocycles. The highest BCUT2D eigenvalue weighted by atomic mass is 16.7. The molecule has 5 nitrogen and oxygen atoms in total. The zero-order valence-corrected chi connectivity index (χ0v) is 16.5. The van der Waals surface area contributed by atoms with E-state index >= 15 is 0 Å². The third kappa shape index (κ3) is 4.63. The van der Waals surface area contributed by atoms with Gasteiger partial charge >= 0.3 is 6.16 Å². The predicted octanol–water partition coefficient (Wildman–Crippen LogP) is 5.83. The molecule has 0 spiro atoms. The van der Waals surface area contributed by atoms with Gasteiger partial charge in [0.1, 0.15) is 5.75 Å². The van der Waals surface area contributed by atoms with Crippen LogP contribution in [0.5, 0.6) is 11.6 Å². The van der Waals surface area contributed by atoms with Crippen LogP contribution in [0.1, 0.15) is 23.1 Å². The van der Waals surface area contributed by atoms with E-state index in [0.29, 0.717) is 13.0 Å². The number of carboxylic acid groups (broad SMARTS) is 1. The summed E-state index contributed by atoms with van der Waals surface area (Å²) >= 11 is 0. The van der Waals surface area contributed by atoms with Gasteiger partial charge in [-0.1, -0.05) is 66.7 Å². The summed E-state index contributed by atoms with van der Waals surface area (Å²) in [6.07, 6.45) is 0.870. The zero-order chi connectivity index (χ0) is 20.8. The fourth-order valence-corrected chi connectivity index (χ4v) is 3.64. The highest BCUT2D eigenvalue weighted by Gasteiger charge is 2.15. The van der Waals surface area contributed by atoms with Crippen LogP contribution in [0.25, 0.3) is 10.9 Å². The summed E-state index contributed by atoms with van der Waals surface area (Å²) in [4.78, 5) is 14.1. The Hall–Kier alpha value is -3.73. The van der Waals surface area contributed by atoms with Crippen molar-refractivity contribution < 1.29 is 19.4 Å². The van der Waals surface area contributed by atoms with Crippen LogP contribution >= 0.6 is 0 Å². The van der Waals surface area contributed by atoms with Gasteiger partial charge in [0.15, 0.2) is 0 Å². The molecule has 4 rings (SSSR count). The standard InChI is InChI=1S/C25H23NO4/c27-25(28)30-24-21(20-12-5-6-14-22(20)26-24)13-8-16-29-23-15-7-4-11-19(23)17-18-9-2-1-3-10-18/h1-7,9-12,14-15,26H,8,13,16-17H2,(H,27,28). The van der Waals surface area contributed by atoms with Crippen molar-refractivity contribution in [3.63, 3.8) is 0 Å². The van der Waals surface area contributed by atoms with Crippen LogP contribution < -0.4 is 9.47 Å². The van der Waals surface area contributed by atoms with Gasteiger partial charge in [0.05, 0.1) is 6.61 Å². The minimum atomic E-state index is -1.33. The number of H-pyrrole nitrogens is 1. The fourth-order valence-electron chi connectivity index (χ4n) is 3.64. The molecule has 3 aromatic carbocycles. The highest BCUT2D eigenvalue weighted by molar-refractivity contribution is 5.86. The molecule has 0 saturated carbocycles. The van der Waals surface area contributed by atoms with E-state index in [2.05, 4.69) is 23.2 Å². The van der Waals surface area contributed by atoms with Gasteiger partial charge in [-0.05, 0) is 36.1 Å². The second kappa shape index (κ2) is 9.18. The Kier molecular flexibility index (Phi) is 5.99. The maximum Gasteiger partial charge on any atom is 0.512 e. The molecule has 30 heavy (non-hydrogen) atoms. The van der Waals surface area contributed by atoms with Crippen LogP contribution in [0.15, 0.2) is 78.9 Å². The average molecular weight is 401 g/mol. The summed E-state index contributed by atoms with van der Waals surface area (Å²) < 4.78 is 11.0. The number of aryl methyl sites for hydroxylation is 1. The van der Waals surface area contributed by atoms with E-state index in [-0.39, 0.29) is 5.88 Å². The van der Waals surface area contributed by atoms with Crippen molar-refractivity contribution in [2.45, 2.75) is 19.3 Å². The van der Waals surface area contributed by atoms with Crippen molar-refractivity contribution in [1.82, 2.24) is 4.98 Å². The molecule has 0 radical (unpaired) electrons. The van der Waals surface area contributed by atoms with Crippen molar-refractivity contribution in [3.05, 3.63) is 95.6 Å². The molecule has 2 N–H and O–H groups in total. The number of aromatic nitrogens is 1. The molecule has 0 amide bonds. The molecule has 4 aromatic rings. The van der Waals surface area contributed by atoms with E-state index in [1.807, 2.05) is 60.7 Å². The molecule has 1 heterocycles. The SMILES string of the molecule is O=C(O)Oc1[nH]c2ccccc2c1CCCOc1ccccc1Cc1ccccc1. The van der Waals surface area contributed by atoms with Gasteiger partial charge in [-0.15, -0.1) is 0 Å². The summed E-state index contributed by atoms with van der Waals surface area (Å²) in [6.45, 7) is 0.526. The van der Waals surface area contributed by atoms with Gasteiger partial charge in [0.2, 0.25) is 5.88 Å². The largest absolute Gasteiger partial charge is 0.512 e. The number of carbonyl (C=O) groups is 1. The Morgan fingerprint density at radius 2 is 1.63 bits per heavy atom. The monoisotopic (exact) mass is 401 g/mol. The summed E-state index contributed by atoms with van der Waals surface area (Å²) in [7, 11) is 0. The van der Waals surface area contributed by atoms with Crippen LogP contribution in [0.2, 0.25) is 0 Å². The summed E-state index contributed by atoms with van der Waals surface area (Å²) in [5.74, 6) is 1.16. The van der Waals surface area contributed by atoms with E-state index in [4.69, 9.17) is 14.6 Å². The Balaban J connectivity index is 1.42. The second-order valence-electron chi connectivity index (χ2n) is 7.07. The van der Waals surface area contributed by atoms with Crippen molar-refractivity contribution in [2.24, 2.45) is 0 Å². The first-order valence-corrected chi connectivity index (χ1v) is 9.95. The van der Waals surface area contributed by atoms with E-state index in [1.54, 1.807) is 0 Å². The second-order valence-corrected chi connectivity index (χ2v) is 7.07. The van der Waals surface area contributed by atoms with Crippen LogP contribution in [-0.2, 0) is 12.8 Å².